The summed E-state index contributed by atoms with van der Waals surface area (Å²) in [5.41, 5.74) is 6.44. The van der Waals surface area contributed by atoms with Crippen LogP contribution in [0.15, 0.2) is 102 Å². The van der Waals surface area contributed by atoms with Crippen molar-refractivity contribution >= 4 is 23.1 Å². The molecule has 0 aromatic heterocycles. The van der Waals surface area contributed by atoms with Gasteiger partial charge in [0.15, 0.2) is 5.60 Å². The van der Waals surface area contributed by atoms with E-state index in [9.17, 15) is 0 Å². The largest absolute Gasteiger partial charge is 0.429 e. The van der Waals surface area contributed by atoms with Gasteiger partial charge in [0.25, 0.3) is 0 Å². The number of aliphatic imine (C=N–C) groups is 1. The molecule has 0 radical (unpaired) electrons. The lowest BCUT2D eigenvalue weighted by atomic mass is 9.79. The molecule has 0 N–H and O–H groups in total. The van der Waals surface area contributed by atoms with Crippen LogP contribution < -0.4 is 19.4 Å². The molecule has 41 heavy (non-hydrogen) atoms. The van der Waals surface area contributed by atoms with E-state index in [1.165, 1.54) is 0 Å². The minimum atomic E-state index is -0.958. The molecule has 0 bridgehead atoms. The molecule has 6 heteroatoms. The third-order valence-electron chi connectivity index (χ3n) is 7.72. The minimum Gasteiger partial charge on any atom is -0.429 e. The second-order valence-electron chi connectivity index (χ2n) is 10.7. The fourth-order valence-corrected chi connectivity index (χ4v) is 5.36. The maximum Gasteiger partial charge on any atom is 0.391 e. The van der Waals surface area contributed by atoms with E-state index in [0.717, 1.165) is 58.2 Å². The highest BCUT2D eigenvalue weighted by atomic mass is 16.7. The molecule has 212 valence electrons. The minimum absolute atomic E-state index is 0.256. The first-order chi connectivity index (χ1) is 19.8. The summed E-state index contributed by atoms with van der Waals surface area (Å²) >= 11 is 0. The quantitative estimate of drug-likeness (QED) is 0.227. The highest BCUT2D eigenvalue weighted by molar-refractivity contribution is 5.78. The molecule has 0 unspecified atom stereocenters. The van der Waals surface area contributed by atoms with Crippen molar-refractivity contribution in [1.82, 2.24) is 0 Å². The van der Waals surface area contributed by atoms with E-state index in [2.05, 4.69) is 107 Å². The van der Waals surface area contributed by atoms with Crippen LogP contribution in [0, 0.1) is 0 Å². The Morgan fingerprint density at radius 2 is 1.20 bits per heavy atom. The summed E-state index contributed by atoms with van der Waals surface area (Å²) in [7, 11) is 8.20. The zero-order valence-corrected chi connectivity index (χ0v) is 25.0. The Labute approximate surface area is 244 Å². The Hall–Kier alpha value is -4.45. The molecule has 1 heterocycles. The van der Waals surface area contributed by atoms with Gasteiger partial charge < -0.3 is 24.2 Å². The lowest BCUT2D eigenvalue weighted by Gasteiger charge is -2.40. The molecule has 4 aromatic rings. The van der Waals surface area contributed by atoms with E-state index < -0.39 is 5.60 Å². The second-order valence-corrected chi connectivity index (χ2v) is 10.7. The maximum atomic E-state index is 6.94. The molecule has 1 aliphatic heterocycles. The molecule has 4 aromatic carbocycles. The van der Waals surface area contributed by atoms with E-state index in [1.54, 1.807) is 0 Å². The van der Waals surface area contributed by atoms with Gasteiger partial charge in [0, 0.05) is 81.1 Å². The van der Waals surface area contributed by atoms with E-state index >= 15 is 0 Å². The first-order valence-corrected chi connectivity index (χ1v) is 14.3. The highest BCUT2D eigenvalue weighted by Crippen LogP contribution is 2.49. The van der Waals surface area contributed by atoms with Gasteiger partial charge in [0.1, 0.15) is 5.75 Å². The molecule has 0 saturated heterocycles. The summed E-state index contributed by atoms with van der Waals surface area (Å²) < 4.78 is 13.4. The first kappa shape index (κ1) is 28.1. The van der Waals surface area contributed by atoms with Gasteiger partial charge >= 0.3 is 6.08 Å². The summed E-state index contributed by atoms with van der Waals surface area (Å²) in [6.45, 7) is 6.61. The van der Waals surface area contributed by atoms with Crippen molar-refractivity contribution in [2.45, 2.75) is 26.0 Å². The third-order valence-corrected chi connectivity index (χ3v) is 7.72. The molecule has 0 aliphatic carbocycles. The number of benzene rings is 4. The van der Waals surface area contributed by atoms with E-state index in [4.69, 9.17) is 14.5 Å². The molecular weight excluding hydrogens is 508 g/mol. The Kier molecular flexibility index (Phi) is 8.20. The lowest BCUT2D eigenvalue weighted by Crippen LogP contribution is -2.41. The van der Waals surface area contributed by atoms with Gasteiger partial charge in [0.05, 0.1) is 6.54 Å². The summed E-state index contributed by atoms with van der Waals surface area (Å²) in [6.07, 6.45) is 0.256. The predicted molar refractivity (Wildman–Crippen MR) is 171 cm³/mol. The Morgan fingerprint density at radius 3 is 1.71 bits per heavy atom. The molecule has 5 rings (SSSR count). The van der Waals surface area contributed by atoms with Crippen LogP contribution in [0.25, 0.3) is 0 Å². The van der Waals surface area contributed by atoms with Gasteiger partial charge in [-0.15, -0.1) is 0 Å². The number of nitrogens with zero attached hydrogens (tertiary/aromatic N) is 4. The Morgan fingerprint density at radius 1 is 0.659 bits per heavy atom. The second kappa shape index (κ2) is 12.0. The molecule has 0 amide bonds. The van der Waals surface area contributed by atoms with Crippen LogP contribution in [-0.4, -0.2) is 47.4 Å². The zero-order chi connectivity index (χ0) is 29.0. The van der Waals surface area contributed by atoms with Crippen molar-refractivity contribution < 1.29 is 9.47 Å². The van der Waals surface area contributed by atoms with Gasteiger partial charge in [-0.3, -0.25) is 0 Å². The van der Waals surface area contributed by atoms with Crippen LogP contribution >= 0.6 is 0 Å². The number of rotatable bonds is 9. The number of anilines is 3. The van der Waals surface area contributed by atoms with Crippen LogP contribution in [0.3, 0.4) is 0 Å². The number of ether oxygens (including phenoxy) is 2. The number of hydrogen-bond acceptors (Lipinski definition) is 6. The van der Waals surface area contributed by atoms with Crippen molar-refractivity contribution in [2.75, 3.05) is 56.0 Å². The molecule has 0 atom stereocenters. The summed E-state index contributed by atoms with van der Waals surface area (Å²) in [4.78, 5) is 11.4. The molecule has 0 fully saturated rings. The smallest absolute Gasteiger partial charge is 0.391 e. The highest BCUT2D eigenvalue weighted by Gasteiger charge is 2.46. The predicted octanol–water partition coefficient (Wildman–Crippen LogP) is 6.92. The molecule has 0 spiro atoms. The standard InChI is InChI=1S/C35H40N4O2/c1-7-39(8-2)31-22-23-32-33(24-31)40-34(36-25-26-12-10-9-11-13-26)41-35(32,27-14-18-29(19-15-27)37(3)4)28-16-20-30(21-17-28)38(5)6/h9-24H,7-8,25H2,1-6H3. The van der Waals surface area contributed by atoms with Crippen LogP contribution in [0.5, 0.6) is 5.75 Å². The van der Waals surface area contributed by atoms with Crippen molar-refractivity contribution in [3.8, 4) is 5.75 Å². The van der Waals surface area contributed by atoms with E-state index in [-0.39, 0.29) is 6.08 Å². The van der Waals surface area contributed by atoms with Gasteiger partial charge in [-0.2, -0.15) is 0 Å². The number of fused-ring (bicyclic) bond motifs is 1. The SMILES string of the molecule is CCN(CC)c1ccc2c(c1)OC(=NCc1ccccc1)OC2(c1ccc(N(C)C)cc1)c1ccc(N(C)C)cc1. The summed E-state index contributed by atoms with van der Waals surface area (Å²) in [5.74, 6) is 0.751. The van der Waals surface area contributed by atoms with Crippen molar-refractivity contribution in [3.63, 3.8) is 0 Å². The first-order valence-electron chi connectivity index (χ1n) is 14.3. The fraction of sp³-hybridized carbons (Fsp3) is 0.286. The summed E-state index contributed by atoms with van der Waals surface area (Å²) in [6, 6.07) is 33.8. The van der Waals surface area contributed by atoms with Crippen molar-refractivity contribution in [3.05, 3.63) is 119 Å². The lowest BCUT2D eigenvalue weighted by molar-refractivity contribution is 0.0819. The molecule has 1 aliphatic rings. The molecule has 0 saturated carbocycles. The van der Waals surface area contributed by atoms with Crippen LogP contribution in [0.4, 0.5) is 17.1 Å². The van der Waals surface area contributed by atoms with Gasteiger partial charge in [-0.1, -0.05) is 54.6 Å². The van der Waals surface area contributed by atoms with Gasteiger partial charge in [-0.25, -0.2) is 4.99 Å². The van der Waals surface area contributed by atoms with Gasteiger partial charge in [0.2, 0.25) is 0 Å². The number of hydrogen-bond donors (Lipinski definition) is 0. The van der Waals surface area contributed by atoms with Gasteiger partial charge in [-0.05, 0) is 55.8 Å². The average Bonchev–Trinajstić information content (AvgIpc) is 3.00. The van der Waals surface area contributed by atoms with E-state index in [1.807, 2.05) is 46.4 Å². The van der Waals surface area contributed by atoms with E-state index in [0.29, 0.717) is 6.54 Å². The van der Waals surface area contributed by atoms with Crippen molar-refractivity contribution in [1.29, 1.82) is 0 Å². The Balaban J connectivity index is 1.73. The topological polar surface area (TPSA) is 40.5 Å². The van der Waals surface area contributed by atoms with Crippen LogP contribution in [-0.2, 0) is 16.9 Å². The molecular formula is C35H40N4O2. The molecule has 6 nitrogen and oxygen atoms in total. The maximum absolute atomic E-state index is 6.94. The zero-order valence-electron chi connectivity index (χ0n) is 25.0. The third kappa shape index (κ3) is 5.60. The summed E-state index contributed by atoms with van der Waals surface area (Å²) in [5, 5.41) is 0. The average molecular weight is 549 g/mol. The monoisotopic (exact) mass is 548 g/mol. The van der Waals surface area contributed by atoms with Crippen molar-refractivity contribution in [2.24, 2.45) is 4.99 Å². The fourth-order valence-electron chi connectivity index (χ4n) is 5.36. The normalized spacial score (nSPS) is 14.5. The van der Waals surface area contributed by atoms with Crippen LogP contribution in [0.2, 0.25) is 0 Å². The Bertz CT molecular complexity index is 1420. The van der Waals surface area contributed by atoms with Crippen LogP contribution in [0.1, 0.15) is 36.1 Å².